The van der Waals surface area contributed by atoms with Crippen LogP contribution in [-0.2, 0) is 0 Å². The largest absolute Gasteiger partial charge is 0.103 e. The summed E-state index contributed by atoms with van der Waals surface area (Å²) in [5, 5.41) is 0. The van der Waals surface area contributed by atoms with Crippen LogP contribution >= 0.6 is 0 Å². The summed E-state index contributed by atoms with van der Waals surface area (Å²) < 4.78 is 0. The fourth-order valence-corrected chi connectivity index (χ4v) is 2.21. The summed E-state index contributed by atoms with van der Waals surface area (Å²) in [6.07, 6.45) is 7.33. The molecule has 16 heavy (non-hydrogen) atoms. The molecule has 0 spiro atoms. The minimum atomic E-state index is 0.569. The van der Waals surface area contributed by atoms with Crippen molar-refractivity contribution in [1.82, 2.24) is 0 Å². The summed E-state index contributed by atoms with van der Waals surface area (Å²) in [6, 6.07) is 10.9. The second kappa shape index (κ2) is 7.27. The van der Waals surface area contributed by atoms with Crippen molar-refractivity contribution in [2.45, 2.75) is 45.4 Å². The topological polar surface area (TPSA) is 0 Å². The van der Waals surface area contributed by atoms with Crippen LogP contribution in [0.3, 0.4) is 0 Å². The number of benzene rings is 1. The van der Waals surface area contributed by atoms with Crippen molar-refractivity contribution < 1.29 is 0 Å². The molecule has 0 aromatic heterocycles. The molecule has 0 aliphatic carbocycles. The quantitative estimate of drug-likeness (QED) is 0.435. The maximum atomic E-state index is 3.94. The summed E-state index contributed by atoms with van der Waals surface area (Å²) in [7, 11) is 0. The molecular formula is C16H24. The summed E-state index contributed by atoms with van der Waals surface area (Å²) in [5.74, 6) is 1.21. The van der Waals surface area contributed by atoms with Gasteiger partial charge >= 0.3 is 0 Å². The molecule has 2 unspecified atom stereocenters. The normalized spacial score (nSPS) is 14.4. The van der Waals surface area contributed by atoms with Gasteiger partial charge in [0.05, 0.1) is 0 Å². The summed E-state index contributed by atoms with van der Waals surface area (Å²) in [4.78, 5) is 0. The molecule has 0 nitrogen and oxygen atoms in total. The van der Waals surface area contributed by atoms with Gasteiger partial charge in [0.25, 0.3) is 0 Å². The zero-order chi connectivity index (χ0) is 11.8. The molecule has 88 valence electrons. The number of unbranched alkanes of at least 4 members (excludes halogenated alkanes) is 2. The van der Waals surface area contributed by atoms with Gasteiger partial charge < -0.3 is 0 Å². The highest BCUT2D eigenvalue weighted by atomic mass is 14.2. The molecule has 0 radical (unpaired) electrons. The molecule has 2 atom stereocenters. The van der Waals surface area contributed by atoms with Gasteiger partial charge in [0.1, 0.15) is 0 Å². The van der Waals surface area contributed by atoms with Gasteiger partial charge in [0.2, 0.25) is 0 Å². The van der Waals surface area contributed by atoms with E-state index in [1.165, 1.54) is 31.2 Å². The minimum Gasteiger partial charge on any atom is -0.103 e. The fraction of sp³-hybridized carbons (Fsp3) is 0.500. The molecule has 0 N–H and O–H groups in total. The molecule has 0 saturated heterocycles. The van der Waals surface area contributed by atoms with Gasteiger partial charge in [-0.2, -0.15) is 0 Å². The van der Waals surface area contributed by atoms with Gasteiger partial charge in [0, 0.05) is 0 Å². The Bertz CT molecular complexity index is 286. The average molecular weight is 216 g/mol. The third-order valence-electron chi connectivity index (χ3n) is 3.35. The van der Waals surface area contributed by atoms with Crippen molar-refractivity contribution in [3.63, 3.8) is 0 Å². The van der Waals surface area contributed by atoms with Crippen molar-refractivity contribution >= 4 is 0 Å². The lowest BCUT2D eigenvalue weighted by molar-refractivity contribution is 0.482. The molecule has 1 aromatic carbocycles. The Hall–Kier alpha value is -1.04. The first-order valence-corrected chi connectivity index (χ1v) is 6.47. The highest BCUT2D eigenvalue weighted by Gasteiger charge is 2.15. The lowest BCUT2D eigenvalue weighted by Crippen LogP contribution is -2.07. The fourth-order valence-electron chi connectivity index (χ4n) is 2.21. The molecule has 0 fully saturated rings. The highest BCUT2D eigenvalue weighted by Crippen LogP contribution is 2.30. The van der Waals surface area contributed by atoms with Crippen LogP contribution in [-0.4, -0.2) is 0 Å². The molecule has 0 heteroatoms. The highest BCUT2D eigenvalue weighted by molar-refractivity contribution is 5.21. The van der Waals surface area contributed by atoms with Crippen molar-refractivity contribution in [2.75, 3.05) is 0 Å². The van der Waals surface area contributed by atoms with Crippen LogP contribution in [0.1, 0.15) is 51.0 Å². The number of hydrogen-bond acceptors (Lipinski definition) is 0. The smallest absolute Gasteiger partial charge is 0.0102 e. The van der Waals surface area contributed by atoms with E-state index < -0.39 is 0 Å². The maximum Gasteiger partial charge on any atom is -0.0102 e. The van der Waals surface area contributed by atoms with Gasteiger partial charge in [-0.1, -0.05) is 69.5 Å². The van der Waals surface area contributed by atoms with E-state index in [9.17, 15) is 0 Å². The Morgan fingerprint density at radius 3 is 2.44 bits per heavy atom. The van der Waals surface area contributed by atoms with E-state index >= 15 is 0 Å². The molecular weight excluding hydrogens is 192 g/mol. The first-order chi connectivity index (χ1) is 7.79. The van der Waals surface area contributed by atoms with Crippen molar-refractivity contribution in [3.05, 3.63) is 48.6 Å². The Morgan fingerprint density at radius 2 is 1.88 bits per heavy atom. The van der Waals surface area contributed by atoms with E-state index in [-0.39, 0.29) is 0 Å². The lowest BCUT2D eigenvalue weighted by Gasteiger charge is -2.21. The van der Waals surface area contributed by atoms with Crippen molar-refractivity contribution in [3.8, 4) is 0 Å². The molecule has 0 aliphatic heterocycles. The van der Waals surface area contributed by atoms with Gasteiger partial charge in [-0.3, -0.25) is 0 Å². The van der Waals surface area contributed by atoms with Gasteiger partial charge in [-0.25, -0.2) is 0 Å². The molecule has 1 aromatic rings. The van der Waals surface area contributed by atoms with Crippen molar-refractivity contribution in [2.24, 2.45) is 5.92 Å². The number of allylic oxidation sites excluding steroid dienone is 1. The van der Waals surface area contributed by atoms with Gasteiger partial charge in [0.15, 0.2) is 0 Å². The zero-order valence-corrected chi connectivity index (χ0v) is 10.7. The lowest BCUT2D eigenvalue weighted by atomic mass is 9.83. The predicted molar refractivity (Wildman–Crippen MR) is 72.7 cm³/mol. The van der Waals surface area contributed by atoms with Crippen LogP contribution in [0.5, 0.6) is 0 Å². The van der Waals surface area contributed by atoms with Crippen LogP contribution in [0.25, 0.3) is 0 Å². The molecule has 0 aliphatic rings. The van der Waals surface area contributed by atoms with E-state index in [1.54, 1.807) is 0 Å². The standard InChI is InChI=1S/C16H24/c1-4-6-8-13-16(14(3)5-2)15-11-9-7-10-12-15/h5,7,9-12,14,16H,2,4,6,8,13H2,1,3H3. The Morgan fingerprint density at radius 1 is 1.19 bits per heavy atom. The summed E-state index contributed by atoms with van der Waals surface area (Å²) in [6.45, 7) is 8.47. The van der Waals surface area contributed by atoms with E-state index in [0.29, 0.717) is 11.8 Å². The number of hydrogen-bond donors (Lipinski definition) is 0. The van der Waals surface area contributed by atoms with Crippen LogP contribution in [0.2, 0.25) is 0 Å². The first-order valence-electron chi connectivity index (χ1n) is 6.47. The van der Waals surface area contributed by atoms with E-state index in [2.05, 4.69) is 56.8 Å². The molecule has 0 bridgehead atoms. The van der Waals surface area contributed by atoms with Crippen LogP contribution < -0.4 is 0 Å². The van der Waals surface area contributed by atoms with Crippen LogP contribution in [0.4, 0.5) is 0 Å². The molecule has 0 amide bonds. The number of rotatable bonds is 7. The van der Waals surface area contributed by atoms with Gasteiger partial charge in [-0.05, 0) is 23.8 Å². The predicted octanol–water partition coefficient (Wildman–Crippen LogP) is 5.17. The first kappa shape index (κ1) is 13.0. The Labute approximate surface area is 100 Å². The van der Waals surface area contributed by atoms with E-state index in [4.69, 9.17) is 0 Å². The average Bonchev–Trinajstić information content (AvgIpc) is 2.35. The summed E-state index contributed by atoms with van der Waals surface area (Å²) in [5.41, 5.74) is 1.46. The molecule has 0 heterocycles. The monoisotopic (exact) mass is 216 g/mol. The molecule has 0 saturated carbocycles. The summed E-state index contributed by atoms with van der Waals surface area (Å²) >= 11 is 0. The third-order valence-corrected chi connectivity index (χ3v) is 3.35. The van der Waals surface area contributed by atoms with Gasteiger partial charge in [-0.15, -0.1) is 6.58 Å². The maximum absolute atomic E-state index is 3.94. The molecule has 1 rings (SSSR count). The minimum absolute atomic E-state index is 0.569. The van der Waals surface area contributed by atoms with E-state index in [1.807, 2.05) is 0 Å². The SMILES string of the molecule is C=CC(C)C(CCCCC)c1ccccc1. The Kier molecular flexibility index (Phi) is 5.92. The third kappa shape index (κ3) is 3.84. The second-order valence-corrected chi connectivity index (χ2v) is 4.61. The van der Waals surface area contributed by atoms with E-state index in [0.717, 1.165) is 0 Å². The second-order valence-electron chi connectivity index (χ2n) is 4.61. The zero-order valence-electron chi connectivity index (χ0n) is 10.7. The van der Waals surface area contributed by atoms with Crippen LogP contribution in [0, 0.1) is 5.92 Å². The Balaban J connectivity index is 2.67. The van der Waals surface area contributed by atoms with Crippen molar-refractivity contribution in [1.29, 1.82) is 0 Å². The van der Waals surface area contributed by atoms with Crippen LogP contribution in [0.15, 0.2) is 43.0 Å².